The van der Waals surface area contributed by atoms with Gasteiger partial charge in [-0.25, -0.2) is 0 Å². The third kappa shape index (κ3) is 3.09. The molecule has 1 aromatic rings. The van der Waals surface area contributed by atoms with E-state index in [1.807, 2.05) is 0 Å². The first-order chi connectivity index (χ1) is 7.20. The lowest BCUT2D eigenvalue weighted by molar-refractivity contribution is 0.413. The Morgan fingerprint density at radius 2 is 1.80 bits per heavy atom. The van der Waals surface area contributed by atoms with Gasteiger partial charge in [0.15, 0.2) is 0 Å². The van der Waals surface area contributed by atoms with Crippen molar-refractivity contribution in [2.45, 2.75) is 52.9 Å². The van der Waals surface area contributed by atoms with Gasteiger partial charge in [-0.1, -0.05) is 57.9 Å². The fourth-order valence-electron chi connectivity index (χ4n) is 2.59. The molecule has 0 fully saturated rings. The monoisotopic (exact) mass is 204 g/mol. The third-order valence-electron chi connectivity index (χ3n) is 3.46. The maximum Gasteiger partial charge on any atom is -0.0136 e. The molecular formula is C15H24. The second-order valence-electron chi connectivity index (χ2n) is 4.64. The molecule has 0 aliphatic heterocycles. The molecule has 0 nitrogen and oxygen atoms in total. The van der Waals surface area contributed by atoms with Gasteiger partial charge < -0.3 is 0 Å². The van der Waals surface area contributed by atoms with E-state index in [1.165, 1.54) is 24.8 Å². The predicted octanol–water partition coefficient (Wildman–Crippen LogP) is 4.92. The Morgan fingerprint density at radius 3 is 2.33 bits per heavy atom. The van der Waals surface area contributed by atoms with Gasteiger partial charge >= 0.3 is 0 Å². The molecule has 0 saturated heterocycles. The van der Waals surface area contributed by atoms with Gasteiger partial charge in [0, 0.05) is 0 Å². The summed E-state index contributed by atoms with van der Waals surface area (Å²) in [5.74, 6) is 1.55. The first kappa shape index (κ1) is 12.3. The first-order valence-corrected chi connectivity index (χ1v) is 6.26. The first-order valence-electron chi connectivity index (χ1n) is 6.26. The summed E-state index contributed by atoms with van der Waals surface area (Å²) in [5.41, 5.74) is 3.01. The van der Waals surface area contributed by atoms with Crippen LogP contribution in [0.4, 0.5) is 0 Å². The Hall–Kier alpha value is -0.780. The normalized spacial score (nSPS) is 14.9. The molecule has 1 rings (SSSR count). The molecule has 0 spiro atoms. The predicted molar refractivity (Wildman–Crippen MR) is 68.3 cm³/mol. The van der Waals surface area contributed by atoms with Crippen molar-refractivity contribution in [3.05, 3.63) is 35.4 Å². The highest BCUT2D eigenvalue weighted by atomic mass is 14.2. The summed E-state index contributed by atoms with van der Waals surface area (Å²) in [6, 6.07) is 8.84. The molecule has 0 aromatic heterocycles. The molecule has 0 aliphatic carbocycles. The highest BCUT2D eigenvalue weighted by Crippen LogP contribution is 2.32. The fraction of sp³-hybridized carbons (Fsp3) is 0.600. The van der Waals surface area contributed by atoms with E-state index in [0.29, 0.717) is 0 Å². The van der Waals surface area contributed by atoms with Gasteiger partial charge in [-0.15, -0.1) is 0 Å². The molecule has 0 saturated carbocycles. The van der Waals surface area contributed by atoms with E-state index in [9.17, 15) is 0 Å². The number of hydrogen-bond donors (Lipinski definition) is 0. The number of rotatable bonds is 5. The molecule has 0 aliphatic rings. The molecule has 84 valence electrons. The van der Waals surface area contributed by atoms with E-state index >= 15 is 0 Å². The zero-order valence-corrected chi connectivity index (χ0v) is 10.6. The SMILES string of the molecule is CCCC(C)C(CC)c1ccccc1C. The largest absolute Gasteiger partial charge is 0.0654 e. The van der Waals surface area contributed by atoms with Gasteiger partial charge in [0.25, 0.3) is 0 Å². The highest BCUT2D eigenvalue weighted by Gasteiger charge is 2.17. The quantitative estimate of drug-likeness (QED) is 0.638. The van der Waals surface area contributed by atoms with Crippen LogP contribution < -0.4 is 0 Å². The zero-order valence-electron chi connectivity index (χ0n) is 10.6. The molecule has 2 atom stereocenters. The minimum atomic E-state index is 0.742. The van der Waals surface area contributed by atoms with E-state index in [4.69, 9.17) is 0 Å². The second-order valence-corrected chi connectivity index (χ2v) is 4.64. The summed E-state index contributed by atoms with van der Waals surface area (Å²) < 4.78 is 0. The van der Waals surface area contributed by atoms with E-state index in [2.05, 4.69) is 52.0 Å². The molecule has 0 heteroatoms. The minimum absolute atomic E-state index is 0.742. The van der Waals surface area contributed by atoms with Crippen molar-refractivity contribution >= 4 is 0 Å². The van der Waals surface area contributed by atoms with Crippen LogP contribution in [0.3, 0.4) is 0 Å². The number of aryl methyl sites for hydroxylation is 1. The van der Waals surface area contributed by atoms with Crippen LogP contribution in [0.1, 0.15) is 57.1 Å². The van der Waals surface area contributed by atoms with Gasteiger partial charge in [0.2, 0.25) is 0 Å². The Labute approximate surface area is 94.7 Å². The molecule has 1 aromatic carbocycles. The van der Waals surface area contributed by atoms with Crippen molar-refractivity contribution in [1.29, 1.82) is 0 Å². The topological polar surface area (TPSA) is 0 Å². The molecule has 0 bridgehead atoms. The van der Waals surface area contributed by atoms with Crippen molar-refractivity contribution in [3.8, 4) is 0 Å². The van der Waals surface area contributed by atoms with Gasteiger partial charge in [-0.2, -0.15) is 0 Å². The van der Waals surface area contributed by atoms with Crippen molar-refractivity contribution < 1.29 is 0 Å². The van der Waals surface area contributed by atoms with Gasteiger partial charge in [0.1, 0.15) is 0 Å². The lowest BCUT2D eigenvalue weighted by Crippen LogP contribution is -2.10. The van der Waals surface area contributed by atoms with Crippen LogP contribution in [0.25, 0.3) is 0 Å². The molecule has 0 heterocycles. The van der Waals surface area contributed by atoms with Gasteiger partial charge in [0.05, 0.1) is 0 Å². The summed E-state index contributed by atoms with van der Waals surface area (Å²) in [6.07, 6.45) is 3.89. The maximum atomic E-state index is 2.39. The van der Waals surface area contributed by atoms with Crippen LogP contribution in [0.5, 0.6) is 0 Å². The minimum Gasteiger partial charge on any atom is -0.0654 e. The van der Waals surface area contributed by atoms with Crippen molar-refractivity contribution in [2.24, 2.45) is 5.92 Å². The summed E-state index contributed by atoms with van der Waals surface area (Å²) >= 11 is 0. The molecule has 0 N–H and O–H groups in total. The van der Waals surface area contributed by atoms with Crippen LogP contribution in [0.2, 0.25) is 0 Å². The van der Waals surface area contributed by atoms with Crippen LogP contribution in [-0.4, -0.2) is 0 Å². The van der Waals surface area contributed by atoms with Crippen molar-refractivity contribution in [1.82, 2.24) is 0 Å². The van der Waals surface area contributed by atoms with Crippen LogP contribution >= 0.6 is 0 Å². The number of hydrogen-bond acceptors (Lipinski definition) is 0. The zero-order chi connectivity index (χ0) is 11.3. The average Bonchev–Trinajstić information content (AvgIpc) is 2.22. The van der Waals surface area contributed by atoms with Gasteiger partial charge in [-0.3, -0.25) is 0 Å². The summed E-state index contributed by atoms with van der Waals surface area (Å²) in [4.78, 5) is 0. The van der Waals surface area contributed by atoms with E-state index in [0.717, 1.165) is 11.8 Å². The van der Waals surface area contributed by atoms with Crippen LogP contribution in [-0.2, 0) is 0 Å². The summed E-state index contributed by atoms with van der Waals surface area (Å²) in [6.45, 7) is 9.21. The molecule has 15 heavy (non-hydrogen) atoms. The summed E-state index contributed by atoms with van der Waals surface area (Å²) in [7, 11) is 0. The second kappa shape index (κ2) is 5.95. The number of benzene rings is 1. The lowest BCUT2D eigenvalue weighted by Gasteiger charge is -2.24. The molecule has 0 radical (unpaired) electrons. The van der Waals surface area contributed by atoms with E-state index in [1.54, 1.807) is 5.56 Å². The molecular weight excluding hydrogens is 180 g/mol. The van der Waals surface area contributed by atoms with Crippen molar-refractivity contribution in [3.63, 3.8) is 0 Å². The van der Waals surface area contributed by atoms with Crippen LogP contribution in [0.15, 0.2) is 24.3 Å². The van der Waals surface area contributed by atoms with Crippen molar-refractivity contribution in [2.75, 3.05) is 0 Å². The Kier molecular flexibility index (Phi) is 4.87. The smallest absolute Gasteiger partial charge is 0.0136 e. The standard InChI is InChI=1S/C15H24/c1-5-9-12(3)14(6-2)15-11-8-7-10-13(15)4/h7-8,10-12,14H,5-6,9H2,1-4H3. The summed E-state index contributed by atoms with van der Waals surface area (Å²) in [5, 5.41) is 0. The third-order valence-corrected chi connectivity index (χ3v) is 3.46. The van der Waals surface area contributed by atoms with E-state index < -0.39 is 0 Å². The molecule has 2 unspecified atom stereocenters. The van der Waals surface area contributed by atoms with E-state index in [-0.39, 0.29) is 0 Å². The Balaban J connectivity index is 2.87. The molecule has 0 amide bonds. The maximum absolute atomic E-state index is 2.39. The van der Waals surface area contributed by atoms with Crippen LogP contribution in [0, 0.1) is 12.8 Å². The highest BCUT2D eigenvalue weighted by molar-refractivity contribution is 5.29. The van der Waals surface area contributed by atoms with Gasteiger partial charge in [-0.05, 0) is 36.3 Å². The fourth-order valence-corrected chi connectivity index (χ4v) is 2.59. The average molecular weight is 204 g/mol. The Bertz CT molecular complexity index is 288. The lowest BCUT2D eigenvalue weighted by atomic mass is 9.81. The Morgan fingerprint density at radius 1 is 1.13 bits per heavy atom.